The zero-order chi connectivity index (χ0) is 13.9. The first-order valence-corrected chi connectivity index (χ1v) is 7.49. The molecule has 104 valence electrons. The van der Waals surface area contributed by atoms with Gasteiger partial charge in [-0.05, 0) is 31.0 Å². The summed E-state index contributed by atoms with van der Waals surface area (Å²) in [6, 6.07) is 9.99. The monoisotopic (exact) mass is 287 g/mol. The number of nitrogens with zero attached hydrogens (tertiary/aromatic N) is 2. The minimum absolute atomic E-state index is 0.549. The van der Waals surface area contributed by atoms with Gasteiger partial charge in [-0.15, -0.1) is 0 Å². The lowest BCUT2D eigenvalue weighted by molar-refractivity contribution is 0.413. The Morgan fingerprint density at radius 3 is 2.80 bits per heavy atom. The van der Waals surface area contributed by atoms with E-state index >= 15 is 0 Å². The maximum absolute atomic E-state index is 5.25. The Bertz CT molecular complexity index is 614. The predicted molar refractivity (Wildman–Crippen MR) is 80.7 cm³/mol. The largest absolute Gasteiger partial charge is 0.497 e. The second kappa shape index (κ2) is 5.71. The van der Waals surface area contributed by atoms with Crippen LogP contribution in [0.25, 0.3) is 0 Å². The molecular weight excluding hydrogens is 270 g/mol. The van der Waals surface area contributed by atoms with E-state index in [1.165, 1.54) is 12.8 Å². The van der Waals surface area contributed by atoms with Crippen LogP contribution in [0.4, 0.5) is 5.82 Å². The fourth-order valence-corrected chi connectivity index (χ4v) is 2.81. The summed E-state index contributed by atoms with van der Waals surface area (Å²) in [7, 11) is 3.57. The van der Waals surface area contributed by atoms with Gasteiger partial charge in [0.1, 0.15) is 22.4 Å². The van der Waals surface area contributed by atoms with Crippen molar-refractivity contribution in [1.29, 1.82) is 0 Å². The molecule has 0 radical (unpaired) electrons. The van der Waals surface area contributed by atoms with Gasteiger partial charge in [-0.25, -0.2) is 9.97 Å². The normalized spacial score (nSPS) is 14.1. The van der Waals surface area contributed by atoms with Crippen molar-refractivity contribution in [3.8, 4) is 5.75 Å². The number of methoxy groups -OCH3 is 1. The van der Waals surface area contributed by atoms with Gasteiger partial charge < -0.3 is 10.1 Å². The van der Waals surface area contributed by atoms with Crippen LogP contribution in [0.15, 0.2) is 40.3 Å². The molecule has 5 heteroatoms. The van der Waals surface area contributed by atoms with Crippen LogP contribution in [0.1, 0.15) is 24.6 Å². The Kier molecular flexibility index (Phi) is 3.78. The fraction of sp³-hybridized carbons (Fsp3) is 0.333. The molecule has 1 heterocycles. The molecule has 0 amide bonds. The van der Waals surface area contributed by atoms with Crippen molar-refractivity contribution in [2.75, 3.05) is 19.5 Å². The molecule has 1 aromatic heterocycles. The van der Waals surface area contributed by atoms with E-state index in [0.717, 1.165) is 27.3 Å². The summed E-state index contributed by atoms with van der Waals surface area (Å²) in [6.07, 6.45) is 2.41. The van der Waals surface area contributed by atoms with Crippen molar-refractivity contribution in [1.82, 2.24) is 9.97 Å². The van der Waals surface area contributed by atoms with E-state index in [1.807, 2.05) is 31.3 Å². The molecule has 1 aromatic carbocycles. The number of ether oxygens (including phenoxy) is 1. The molecule has 0 saturated heterocycles. The summed E-state index contributed by atoms with van der Waals surface area (Å²) in [4.78, 5) is 10.3. The number of benzene rings is 1. The number of anilines is 1. The van der Waals surface area contributed by atoms with Gasteiger partial charge >= 0.3 is 0 Å². The van der Waals surface area contributed by atoms with E-state index in [-0.39, 0.29) is 0 Å². The molecule has 0 unspecified atom stereocenters. The summed E-state index contributed by atoms with van der Waals surface area (Å²) in [5, 5.41) is 4.08. The third-order valence-electron chi connectivity index (χ3n) is 3.18. The molecule has 0 aliphatic heterocycles. The Labute approximate surface area is 123 Å². The summed E-state index contributed by atoms with van der Waals surface area (Å²) in [5.41, 5.74) is 0. The Balaban J connectivity index is 1.86. The van der Waals surface area contributed by atoms with Gasteiger partial charge in [0.2, 0.25) is 0 Å². The highest BCUT2D eigenvalue weighted by Crippen LogP contribution is 2.39. The average molecular weight is 287 g/mol. The molecule has 1 fully saturated rings. The molecule has 20 heavy (non-hydrogen) atoms. The average Bonchev–Trinajstić information content (AvgIpc) is 3.31. The lowest BCUT2D eigenvalue weighted by atomic mass is 10.3. The number of rotatable bonds is 5. The highest BCUT2D eigenvalue weighted by Gasteiger charge is 2.27. The van der Waals surface area contributed by atoms with Crippen molar-refractivity contribution >= 4 is 17.6 Å². The zero-order valence-corrected chi connectivity index (χ0v) is 12.4. The lowest BCUT2D eigenvalue weighted by Crippen LogP contribution is -2.00. The Morgan fingerprint density at radius 1 is 1.25 bits per heavy atom. The van der Waals surface area contributed by atoms with Gasteiger partial charge in [0, 0.05) is 23.9 Å². The third kappa shape index (κ3) is 3.04. The number of hydrogen-bond acceptors (Lipinski definition) is 5. The minimum Gasteiger partial charge on any atom is -0.497 e. The van der Waals surface area contributed by atoms with E-state index in [1.54, 1.807) is 18.9 Å². The number of hydrogen-bond donors (Lipinski definition) is 1. The van der Waals surface area contributed by atoms with Gasteiger partial charge in [-0.3, -0.25) is 0 Å². The smallest absolute Gasteiger partial charge is 0.135 e. The quantitative estimate of drug-likeness (QED) is 0.852. The molecule has 0 spiro atoms. The van der Waals surface area contributed by atoms with E-state index in [4.69, 9.17) is 4.74 Å². The molecule has 1 aliphatic rings. The molecule has 3 rings (SSSR count). The zero-order valence-electron chi connectivity index (χ0n) is 11.6. The van der Waals surface area contributed by atoms with Gasteiger partial charge in [-0.2, -0.15) is 0 Å². The second-order valence-electron chi connectivity index (χ2n) is 4.75. The van der Waals surface area contributed by atoms with Crippen LogP contribution in [-0.4, -0.2) is 24.1 Å². The van der Waals surface area contributed by atoms with Crippen molar-refractivity contribution in [2.45, 2.75) is 28.7 Å². The van der Waals surface area contributed by atoms with Gasteiger partial charge in [-0.1, -0.05) is 17.8 Å². The SMILES string of the molecule is CNc1cc(Sc2cccc(OC)c2)nc(C2CC2)n1. The molecule has 1 saturated carbocycles. The maximum atomic E-state index is 5.25. The highest BCUT2D eigenvalue weighted by molar-refractivity contribution is 7.99. The van der Waals surface area contributed by atoms with E-state index in [0.29, 0.717) is 5.92 Å². The van der Waals surface area contributed by atoms with Crippen LogP contribution >= 0.6 is 11.8 Å². The van der Waals surface area contributed by atoms with Gasteiger partial charge in [0.25, 0.3) is 0 Å². The molecule has 1 N–H and O–H groups in total. The summed E-state index contributed by atoms with van der Waals surface area (Å²) in [6.45, 7) is 0. The van der Waals surface area contributed by atoms with Crippen LogP contribution in [0, 0.1) is 0 Å². The number of aromatic nitrogens is 2. The maximum Gasteiger partial charge on any atom is 0.135 e. The van der Waals surface area contributed by atoms with Crippen molar-refractivity contribution in [3.05, 3.63) is 36.2 Å². The van der Waals surface area contributed by atoms with Crippen molar-refractivity contribution < 1.29 is 4.74 Å². The van der Waals surface area contributed by atoms with Crippen LogP contribution in [0.3, 0.4) is 0 Å². The van der Waals surface area contributed by atoms with Crippen LogP contribution in [0.5, 0.6) is 5.75 Å². The summed E-state index contributed by atoms with van der Waals surface area (Å²) >= 11 is 1.63. The van der Waals surface area contributed by atoms with Gasteiger partial charge in [0.15, 0.2) is 0 Å². The number of nitrogens with one attached hydrogen (secondary N) is 1. The Morgan fingerprint density at radius 2 is 2.10 bits per heavy atom. The summed E-state index contributed by atoms with van der Waals surface area (Å²) in [5.74, 6) is 3.25. The standard InChI is InChI=1S/C15H17N3OS/c1-16-13-9-14(18-15(17-13)10-6-7-10)20-12-5-3-4-11(8-12)19-2/h3-5,8-10H,6-7H2,1-2H3,(H,16,17,18). The van der Waals surface area contributed by atoms with E-state index < -0.39 is 0 Å². The molecule has 2 aromatic rings. The van der Waals surface area contributed by atoms with E-state index in [2.05, 4.69) is 21.4 Å². The molecule has 0 atom stereocenters. The van der Waals surface area contributed by atoms with Crippen LogP contribution < -0.4 is 10.1 Å². The van der Waals surface area contributed by atoms with Gasteiger partial charge in [0.05, 0.1) is 7.11 Å². The molecular formula is C15H17N3OS. The predicted octanol–water partition coefficient (Wildman–Crippen LogP) is 3.56. The molecule has 1 aliphatic carbocycles. The topological polar surface area (TPSA) is 47.0 Å². The first-order chi connectivity index (χ1) is 9.78. The Hall–Kier alpha value is -1.75. The minimum atomic E-state index is 0.549. The lowest BCUT2D eigenvalue weighted by Gasteiger charge is -2.08. The third-order valence-corrected chi connectivity index (χ3v) is 4.09. The van der Waals surface area contributed by atoms with Crippen molar-refractivity contribution in [2.24, 2.45) is 0 Å². The fourth-order valence-electron chi connectivity index (χ4n) is 1.93. The summed E-state index contributed by atoms with van der Waals surface area (Å²) < 4.78 is 5.25. The van der Waals surface area contributed by atoms with Crippen LogP contribution in [-0.2, 0) is 0 Å². The first kappa shape index (κ1) is 13.2. The highest BCUT2D eigenvalue weighted by atomic mass is 32.2. The van der Waals surface area contributed by atoms with Crippen LogP contribution in [0.2, 0.25) is 0 Å². The second-order valence-corrected chi connectivity index (χ2v) is 5.85. The molecule has 0 bridgehead atoms. The molecule has 4 nitrogen and oxygen atoms in total. The first-order valence-electron chi connectivity index (χ1n) is 6.67. The van der Waals surface area contributed by atoms with E-state index in [9.17, 15) is 0 Å². The van der Waals surface area contributed by atoms with Crippen molar-refractivity contribution in [3.63, 3.8) is 0 Å².